The number of rotatable bonds is 9. The summed E-state index contributed by atoms with van der Waals surface area (Å²) in [4.78, 5) is 0. The predicted octanol–water partition coefficient (Wildman–Crippen LogP) is 3.54. The average molecular weight is 277 g/mol. The topological polar surface area (TPSA) is 44.5 Å². The first-order valence-electron chi connectivity index (χ1n) is 7.87. The van der Waals surface area contributed by atoms with Crippen molar-refractivity contribution in [1.29, 1.82) is 0 Å². The molecule has 0 heterocycles. The first-order valence-corrected chi connectivity index (χ1v) is 7.87. The molecule has 0 aliphatic heterocycles. The third-order valence-electron chi connectivity index (χ3n) is 3.84. The summed E-state index contributed by atoms with van der Waals surface area (Å²) < 4.78 is 11.7. The van der Waals surface area contributed by atoms with E-state index in [0.29, 0.717) is 6.61 Å². The van der Waals surface area contributed by atoms with Gasteiger partial charge in [-0.3, -0.25) is 0 Å². The molecule has 2 rings (SSSR count). The van der Waals surface area contributed by atoms with E-state index < -0.39 is 0 Å². The number of nitrogens with two attached hydrogens (primary N) is 1. The molecule has 0 spiro atoms. The Kier molecular flexibility index (Phi) is 5.72. The van der Waals surface area contributed by atoms with Crippen molar-refractivity contribution >= 4 is 0 Å². The molecule has 0 radical (unpaired) electrons. The molecule has 0 aromatic heterocycles. The molecule has 0 saturated heterocycles. The lowest BCUT2D eigenvalue weighted by Crippen LogP contribution is -2.22. The zero-order valence-electron chi connectivity index (χ0n) is 12.7. The maximum atomic E-state index is 6.09. The second-order valence-corrected chi connectivity index (χ2v) is 5.63. The largest absolute Gasteiger partial charge is 0.490 e. The lowest BCUT2D eigenvalue weighted by molar-refractivity contribution is 0.266. The van der Waals surface area contributed by atoms with Gasteiger partial charge in [0.2, 0.25) is 0 Å². The van der Waals surface area contributed by atoms with Gasteiger partial charge in [0.1, 0.15) is 0 Å². The zero-order valence-corrected chi connectivity index (χ0v) is 12.7. The highest BCUT2D eigenvalue weighted by Crippen LogP contribution is 2.35. The van der Waals surface area contributed by atoms with Crippen LogP contribution in [0.5, 0.6) is 11.5 Å². The van der Waals surface area contributed by atoms with E-state index in [1.807, 2.05) is 19.1 Å². The number of ether oxygens (including phenoxy) is 2. The average Bonchev–Trinajstić information content (AvgIpc) is 3.26. The number of benzene rings is 1. The molecule has 1 aliphatic rings. The van der Waals surface area contributed by atoms with Gasteiger partial charge in [0.05, 0.1) is 13.2 Å². The van der Waals surface area contributed by atoms with Crippen LogP contribution >= 0.6 is 0 Å². The quantitative estimate of drug-likeness (QED) is 0.751. The van der Waals surface area contributed by atoms with Crippen LogP contribution in [0.4, 0.5) is 0 Å². The monoisotopic (exact) mass is 277 g/mol. The summed E-state index contributed by atoms with van der Waals surface area (Å²) in [5.41, 5.74) is 7.26. The third kappa shape index (κ3) is 4.41. The van der Waals surface area contributed by atoms with Crippen LogP contribution in [0.2, 0.25) is 0 Å². The highest BCUT2D eigenvalue weighted by molar-refractivity contribution is 5.47. The summed E-state index contributed by atoms with van der Waals surface area (Å²) in [5.74, 6) is 2.64. The molecule has 1 fully saturated rings. The predicted molar refractivity (Wildman–Crippen MR) is 82.4 cm³/mol. The van der Waals surface area contributed by atoms with Crippen LogP contribution in [0.15, 0.2) is 18.2 Å². The molecule has 2 N–H and O–H groups in total. The van der Waals surface area contributed by atoms with E-state index in [2.05, 4.69) is 13.0 Å². The molecule has 1 atom stereocenters. The van der Waals surface area contributed by atoms with Crippen LogP contribution in [0.3, 0.4) is 0 Å². The Morgan fingerprint density at radius 2 is 2.05 bits per heavy atom. The van der Waals surface area contributed by atoms with Gasteiger partial charge in [0, 0.05) is 6.04 Å². The van der Waals surface area contributed by atoms with Gasteiger partial charge in [0.15, 0.2) is 11.5 Å². The van der Waals surface area contributed by atoms with Crippen molar-refractivity contribution in [2.24, 2.45) is 11.7 Å². The minimum absolute atomic E-state index is 0.178. The highest BCUT2D eigenvalue weighted by Gasteiger charge is 2.21. The Balaban J connectivity index is 2.07. The molecule has 1 aromatic carbocycles. The van der Waals surface area contributed by atoms with Gasteiger partial charge in [-0.15, -0.1) is 0 Å². The van der Waals surface area contributed by atoms with Crippen LogP contribution in [0, 0.1) is 5.92 Å². The molecule has 1 aromatic rings. The maximum absolute atomic E-state index is 6.09. The fourth-order valence-corrected chi connectivity index (χ4v) is 2.32. The Bertz CT molecular complexity index is 415. The van der Waals surface area contributed by atoms with Crippen molar-refractivity contribution < 1.29 is 9.47 Å². The van der Waals surface area contributed by atoms with Crippen molar-refractivity contribution in [3.8, 4) is 11.5 Å². The molecule has 1 unspecified atom stereocenters. The van der Waals surface area contributed by atoms with Crippen LogP contribution in [-0.2, 0) is 6.42 Å². The minimum Gasteiger partial charge on any atom is -0.490 e. The van der Waals surface area contributed by atoms with E-state index in [1.54, 1.807) is 0 Å². The number of para-hydroxylation sites is 1. The van der Waals surface area contributed by atoms with Crippen LogP contribution in [0.25, 0.3) is 0 Å². The smallest absolute Gasteiger partial charge is 0.164 e. The first kappa shape index (κ1) is 15.2. The summed E-state index contributed by atoms with van der Waals surface area (Å²) in [6, 6.07) is 6.29. The van der Waals surface area contributed by atoms with Crippen molar-refractivity contribution in [3.63, 3.8) is 0 Å². The Morgan fingerprint density at radius 3 is 2.70 bits per heavy atom. The van der Waals surface area contributed by atoms with E-state index in [-0.39, 0.29) is 6.04 Å². The molecule has 0 amide bonds. The van der Waals surface area contributed by atoms with E-state index in [9.17, 15) is 0 Å². The zero-order chi connectivity index (χ0) is 14.4. The Labute approximate surface area is 122 Å². The van der Waals surface area contributed by atoms with E-state index in [4.69, 9.17) is 15.2 Å². The molecular weight excluding hydrogens is 250 g/mol. The van der Waals surface area contributed by atoms with Gasteiger partial charge in [-0.05, 0) is 43.7 Å². The SMILES string of the molecule is CCOc1cccc(CC(N)CC)c1OCCC1CC1. The van der Waals surface area contributed by atoms with Gasteiger partial charge in [0.25, 0.3) is 0 Å². The van der Waals surface area contributed by atoms with Gasteiger partial charge in [-0.1, -0.05) is 31.9 Å². The summed E-state index contributed by atoms with van der Waals surface area (Å²) in [7, 11) is 0. The van der Waals surface area contributed by atoms with Crippen LogP contribution in [0.1, 0.15) is 45.1 Å². The van der Waals surface area contributed by atoms with E-state index in [1.165, 1.54) is 18.4 Å². The van der Waals surface area contributed by atoms with Gasteiger partial charge in [-0.25, -0.2) is 0 Å². The normalized spacial score (nSPS) is 15.9. The molecule has 20 heavy (non-hydrogen) atoms. The number of hydrogen-bond acceptors (Lipinski definition) is 3. The molecule has 0 bridgehead atoms. The summed E-state index contributed by atoms with van der Waals surface area (Å²) in [6.07, 6.45) is 5.70. The minimum atomic E-state index is 0.178. The molecular formula is C17H27NO2. The standard InChI is InChI=1S/C17H27NO2/c1-3-15(18)12-14-6-5-7-16(19-4-2)17(14)20-11-10-13-8-9-13/h5-7,13,15H,3-4,8-12,18H2,1-2H3. The van der Waals surface area contributed by atoms with E-state index in [0.717, 1.165) is 43.3 Å². The fraction of sp³-hybridized carbons (Fsp3) is 0.647. The molecule has 1 aliphatic carbocycles. The second-order valence-electron chi connectivity index (χ2n) is 5.63. The number of hydrogen-bond donors (Lipinski definition) is 1. The Morgan fingerprint density at radius 1 is 1.25 bits per heavy atom. The van der Waals surface area contributed by atoms with Crippen molar-refractivity contribution in [1.82, 2.24) is 0 Å². The van der Waals surface area contributed by atoms with Gasteiger partial charge in [-0.2, -0.15) is 0 Å². The van der Waals surface area contributed by atoms with Crippen molar-refractivity contribution in [2.75, 3.05) is 13.2 Å². The lowest BCUT2D eigenvalue weighted by Gasteiger charge is -2.17. The van der Waals surface area contributed by atoms with E-state index >= 15 is 0 Å². The molecule has 3 nitrogen and oxygen atoms in total. The molecule has 1 saturated carbocycles. The summed E-state index contributed by atoms with van der Waals surface area (Å²) >= 11 is 0. The maximum Gasteiger partial charge on any atom is 0.164 e. The Hall–Kier alpha value is -1.22. The van der Waals surface area contributed by atoms with Crippen molar-refractivity contribution in [3.05, 3.63) is 23.8 Å². The second kappa shape index (κ2) is 7.53. The third-order valence-corrected chi connectivity index (χ3v) is 3.84. The first-order chi connectivity index (χ1) is 9.74. The lowest BCUT2D eigenvalue weighted by atomic mass is 10.0. The summed E-state index contributed by atoms with van der Waals surface area (Å²) in [6.45, 7) is 5.55. The van der Waals surface area contributed by atoms with Crippen molar-refractivity contribution in [2.45, 2.75) is 52.0 Å². The fourth-order valence-electron chi connectivity index (χ4n) is 2.32. The molecule has 3 heteroatoms. The van der Waals surface area contributed by atoms with Gasteiger partial charge < -0.3 is 15.2 Å². The van der Waals surface area contributed by atoms with Crippen LogP contribution < -0.4 is 15.2 Å². The highest BCUT2D eigenvalue weighted by atomic mass is 16.5. The molecule has 112 valence electrons. The van der Waals surface area contributed by atoms with Gasteiger partial charge >= 0.3 is 0 Å². The summed E-state index contributed by atoms with van der Waals surface area (Å²) in [5, 5.41) is 0. The van der Waals surface area contributed by atoms with Crippen LogP contribution in [-0.4, -0.2) is 19.3 Å².